The molecule has 0 spiro atoms. The highest BCUT2D eigenvalue weighted by Crippen LogP contribution is 2.59. The van der Waals surface area contributed by atoms with Gasteiger partial charge >= 0.3 is 0 Å². The van der Waals surface area contributed by atoms with E-state index in [1.54, 1.807) is 5.57 Å². The van der Waals surface area contributed by atoms with Crippen molar-refractivity contribution in [3.63, 3.8) is 0 Å². The monoisotopic (exact) mass is 638 g/mol. The summed E-state index contributed by atoms with van der Waals surface area (Å²) in [7, 11) is -3.91. The molecule has 4 aliphatic carbocycles. The number of fused-ring (bicyclic) bond motifs is 1. The van der Waals surface area contributed by atoms with Crippen LogP contribution in [0.1, 0.15) is 113 Å². The quantitative estimate of drug-likeness (QED) is 0.186. The number of carbonyl (C=O) groups excluding carboxylic acids is 1. The van der Waals surface area contributed by atoms with Crippen LogP contribution in [-0.2, 0) is 13.6 Å². The Morgan fingerprint density at radius 1 is 0.955 bits per heavy atom. The Morgan fingerprint density at radius 3 is 2.16 bits per heavy atom. The van der Waals surface area contributed by atoms with Crippen LogP contribution in [0.4, 0.5) is 0 Å². The summed E-state index contributed by atoms with van der Waals surface area (Å²) < 4.78 is 14.1. The maximum absolute atomic E-state index is 12.4. The van der Waals surface area contributed by atoms with Crippen LogP contribution >= 0.6 is 0 Å². The Kier molecular flexibility index (Phi) is 10.5. The molecule has 0 bridgehead atoms. The summed E-state index contributed by atoms with van der Waals surface area (Å²) in [6.07, 6.45) is 19.5. The minimum Gasteiger partial charge on any atom is -0.413 e. The molecule has 0 amide bonds. The van der Waals surface area contributed by atoms with Crippen LogP contribution in [0.3, 0.4) is 0 Å². The summed E-state index contributed by atoms with van der Waals surface area (Å²) in [4.78, 5) is 12.4. The van der Waals surface area contributed by atoms with Crippen LogP contribution in [0.2, 0.25) is 36.3 Å². The molecule has 4 aliphatic rings. The second kappa shape index (κ2) is 12.9. The fourth-order valence-electron chi connectivity index (χ4n) is 7.79. The van der Waals surface area contributed by atoms with Gasteiger partial charge in [-0.15, -0.1) is 0 Å². The minimum atomic E-state index is -1.98. The maximum atomic E-state index is 12.4. The lowest BCUT2D eigenvalue weighted by molar-refractivity contribution is -0.115. The molecular formula is C39H66O3Si2. The maximum Gasteiger partial charge on any atom is 0.192 e. The number of ketones is 1. The van der Waals surface area contributed by atoms with E-state index in [9.17, 15) is 4.79 Å². The molecule has 0 aliphatic heterocycles. The van der Waals surface area contributed by atoms with Gasteiger partial charge in [-0.05, 0) is 128 Å². The average Bonchev–Trinajstić information content (AvgIpc) is 3.68. The van der Waals surface area contributed by atoms with Gasteiger partial charge in [0.15, 0.2) is 22.4 Å². The van der Waals surface area contributed by atoms with Gasteiger partial charge in [0.2, 0.25) is 0 Å². The van der Waals surface area contributed by atoms with Gasteiger partial charge in [0, 0.05) is 12.3 Å². The molecule has 0 radical (unpaired) electrons. The second-order valence-electron chi connectivity index (χ2n) is 18.3. The molecule has 4 saturated carbocycles. The van der Waals surface area contributed by atoms with Gasteiger partial charge < -0.3 is 8.85 Å². The molecule has 5 heteroatoms. The molecular weight excluding hydrogens is 573 g/mol. The summed E-state index contributed by atoms with van der Waals surface area (Å²) >= 11 is 0. The molecule has 0 saturated heterocycles. The van der Waals surface area contributed by atoms with E-state index in [0.717, 1.165) is 25.7 Å². The normalized spacial score (nSPS) is 33.3. The first-order valence-electron chi connectivity index (χ1n) is 17.8. The lowest BCUT2D eigenvalue weighted by atomic mass is 9.61. The molecule has 0 N–H and O–H groups in total. The van der Waals surface area contributed by atoms with Crippen molar-refractivity contribution in [1.29, 1.82) is 0 Å². The minimum absolute atomic E-state index is 0.0162. The van der Waals surface area contributed by atoms with E-state index in [1.807, 2.05) is 6.08 Å². The third kappa shape index (κ3) is 7.74. The Hall–Kier alpha value is -1.02. The van der Waals surface area contributed by atoms with E-state index in [4.69, 9.17) is 8.85 Å². The molecule has 1 unspecified atom stereocenters. The van der Waals surface area contributed by atoms with Crippen molar-refractivity contribution < 1.29 is 13.6 Å². The summed E-state index contributed by atoms with van der Waals surface area (Å²) in [6.45, 7) is 33.0. The Balaban J connectivity index is 1.58. The summed E-state index contributed by atoms with van der Waals surface area (Å²) in [6, 6.07) is 0. The predicted octanol–water partition coefficient (Wildman–Crippen LogP) is 11.4. The van der Waals surface area contributed by atoms with Crippen LogP contribution in [0.25, 0.3) is 0 Å². The average molecular weight is 639 g/mol. The molecule has 6 atom stereocenters. The smallest absolute Gasteiger partial charge is 0.192 e. The van der Waals surface area contributed by atoms with Crippen molar-refractivity contribution in [2.45, 2.75) is 162 Å². The topological polar surface area (TPSA) is 35.5 Å². The second-order valence-corrected chi connectivity index (χ2v) is 27.8. The molecule has 44 heavy (non-hydrogen) atoms. The van der Waals surface area contributed by atoms with Crippen LogP contribution in [0, 0.1) is 29.1 Å². The lowest BCUT2D eigenvalue weighted by Crippen LogP contribution is -2.49. The SMILES string of the molecule is C=C1/C(=C/C=C2\CCC[C@@]3(C)C2CC[C@@H]3[C@H](C)/C=C/C(=O)C2CC2)C[C@@H](O[Si](C)(C)C(C)(C)C)C[C@@H]1O[Si](C)(C)C(C)(C)C. The molecule has 0 heterocycles. The highest BCUT2D eigenvalue weighted by molar-refractivity contribution is 6.74. The van der Waals surface area contributed by atoms with E-state index in [1.165, 1.54) is 43.3 Å². The van der Waals surface area contributed by atoms with E-state index >= 15 is 0 Å². The van der Waals surface area contributed by atoms with Crippen molar-refractivity contribution in [3.8, 4) is 0 Å². The standard InChI is InChI=1S/C39H66O3Si2/c1-27(16-23-35(40)30-18-19-30)33-21-22-34-29(15-14-24-39(33,34)9)17-20-31-25-32(41-43(10,11)37(3,4)5)26-36(28(31)2)42-44(12,13)38(6,7)8/h16-17,20,23,27,30,32-34,36H,2,14-15,18-19,21-22,24-26H2,1,3-13H3/b23-16+,29-17+,31-20+/t27-,32-,33-,34?,36+,39-/m1/s1. The zero-order valence-corrected chi connectivity index (χ0v) is 32.6. The van der Waals surface area contributed by atoms with E-state index in [0.29, 0.717) is 34.9 Å². The predicted molar refractivity (Wildman–Crippen MR) is 193 cm³/mol. The van der Waals surface area contributed by atoms with Crippen molar-refractivity contribution >= 4 is 22.4 Å². The van der Waals surface area contributed by atoms with E-state index in [-0.39, 0.29) is 22.3 Å². The molecule has 0 aromatic heterocycles. The van der Waals surface area contributed by atoms with Crippen LogP contribution in [0.5, 0.6) is 0 Å². The van der Waals surface area contributed by atoms with Gasteiger partial charge in [-0.3, -0.25) is 4.79 Å². The Morgan fingerprint density at radius 2 is 1.57 bits per heavy atom. The van der Waals surface area contributed by atoms with Crippen LogP contribution in [-0.4, -0.2) is 34.6 Å². The number of carbonyl (C=O) groups is 1. The molecule has 0 aromatic carbocycles. The van der Waals surface area contributed by atoms with Crippen LogP contribution in [0.15, 0.2) is 47.6 Å². The number of rotatable bonds is 9. The first-order valence-corrected chi connectivity index (χ1v) is 23.6. The Bertz CT molecular complexity index is 1170. The van der Waals surface area contributed by atoms with Gasteiger partial charge in [0.25, 0.3) is 0 Å². The number of allylic oxidation sites excluding steroid dienone is 5. The zero-order valence-electron chi connectivity index (χ0n) is 30.6. The molecule has 4 rings (SSSR count). The van der Waals surface area contributed by atoms with Gasteiger partial charge in [-0.25, -0.2) is 0 Å². The summed E-state index contributed by atoms with van der Waals surface area (Å²) in [5.74, 6) is 2.39. The fraction of sp³-hybridized carbons (Fsp3) is 0.769. The first kappa shape index (κ1) is 35.8. The van der Waals surface area contributed by atoms with E-state index in [2.05, 4.69) is 106 Å². The van der Waals surface area contributed by atoms with E-state index < -0.39 is 16.6 Å². The Labute approximate surface area is 273 Å². The van der Waals surface area contributed by atoms with Crippen molar-refractivity contribution in [1.82, 2.24) is 0 Å². The fourth-order valence-corrected chi connectivity index (χ4v) is 10.5. The largest absolute Gasteiger partial charge is 0.413 e. The molecule has 3 nitrogen and oxygen atoms in total. The van der Waals surface area contributed by atoms with Gasteiger partial charge in [0.1, 0.15) is 0 Å². The molecule has 4 fully saturated rings. The zero-order chi connectivity index (χ0) is 32.9. The van der Waals surface area contributed by atoms with Gasteiger partial charge in [0.05, 0.1) is 12.2 Å². The lowest BCUT2D eigenvalue weighted by Gasteiger charge is -2.45. The number of hydrogen-bond acceptors (Lipinski definition) is 3. The van der Waals surface area contributed by atoms with Crippen molar-refractivity contribution in [2.24, 2.45) is 29.1 Å². The third-order valence-electron chi connectivity index (χ3n) is 13.0. The first-order chi connectivity index (χ1) is 20.2. The summed E-state index contributed by atoms with van der Waals surface area (Å²) in [5.41, 5.74) is 4.43. The highest BCUT2D eigenvalue weighted by atomic mass is 28.4. The van der Waals surface area contributed by atoms with Gasteiger partial charge in [-0.2, -0.15) is 0 Å². The molecule has 248 valence electrons. The molecule has 0 aromatic rings. The summed E-state index contributed by atoms with van der Waals surface area (Å²) in [5, 5.41) is 0.321. The highest BCUT2D eigenvalue weighted by Gasteiger charge is 2.50. The van der Waals surface area contributed by atoms with Crippen molar-refractivity contribution in [2.75, 3.05) is 0 Å². The third-order valence-corrected chi connectivity index (χ3v) is 22.0. The van der Waals surface area contributed by atoms with Crippen molar-refractivity contribution in [3.05, 3.63) is 47.6 Å². The number of hydrogen-bond donors (Lipinski definition) is 0. The van der Waals surface area contributed by atoms with Gasteiger partial charge in [-0.1, -0.05) is 85.8 Å². The van der Waals surface area contributed by atoms with Crippen LogP contribution < -0.4 is 0 Å².